The number of hydrogen-bond donors (Lipinski definition) is 0. The highest BCUT2D eigenvalue weighted by molar-refractivity contribution is 9.10. The van der Waals surface area contributed by atoms with E-state index in [0.29, 0.717) is 0 Å². The molecule has 0 unspecified atom stereocenters. The van der Waals surface area contributed by atoms with Crippen LogP contribution in [0.15, 0.2) is 53.0 Å². The molecule has 0 N–H and O–H groups in total. The van der Waals surface area contributed by atoms with E-state index in [2.05, 4.69) is 71.4 Å². The summed E-state index contributed by atoms with van der Waals surface area (Å²) >= 11 is 3.47. The standard InChI is InChI=1S/C16H17Br/c1-2-3-5-13-6-4-7-15(12-13)14-8-10-16(17)11-9-14/h4,6-12H,2-3,5H2,1H3. The van der Waals surface area contributed by atoms with Crippen LogP contribution in [-0.2, 0) is 6.42 Å². The first-order valence-electron chi connectivity index (χ1n) is 6.14. The van der Waals surface area contributed by atoms with Crippen LogP contribution in [-0.4, -0.2) is 0 Å². The Morgan fingerprint density at radius 1 is 0.941 bits per heavy atom. The summed E-state index contributed by atoms with van der Waals surface area (Å²) in [7, 11) is 0. The SMILES string of the molecule is CCCCc1cccc(-c2ccc(Br)cc2)c1. The fraction of sp³-hybridized carbons (Fsp3) is 0.250. The molecule has 0 fully saturated rings. The lowest BCUT2D eigenvalue weighted by atomic mass is 10.0. The van der Waals surface area contributed by atoms with Gasteiger partial charge in [0, 0.05) is 4.47 Å². The minimum Gasteiger partial charge on any atom is -0.0654 e. The molecule has 2 aromatic carbocycles. The lowest BCUT2D eigenvalue weighted by Crippen LogP contribution is -1.85. The summed E-state index contributed by atoms with van der Waals surface area (Å²) in [4.78, 5) is 0. The average molecular weight is 289 g/mol. The van der Waals surface area contributed by atoms with Gasteiger partial charge in [-0.3, -0.25) is 0 Å². The summed E-state index contributed by atoms with van der Waals surface area (Å²) in [5.74, 6) is 0. The van der Waals surface area contributed by atoms with Crippen molar-refractivity contribution in [1.29, 1.82) is 0 Å². The molecule has 0 aliphatic carbocycles. The molecular weight excluding hydrogens is 272 g/mol. The highest BCUT2D eigenvalue weighted by atomic mass is 79.9. The fourth-order valence-electron chi connectivity index (χ4n) is 1.93. The van der Waals surface area contributed by atoms with Crippen molar-refractivity contribution >= 4 is 15.9 Å². The highest BCUT2D eigenvalue weighted by Gasteiger charge is 1.99. The van der Waals surface area contributed by atoms with Crippen molar-refractivity contribution in [2.45, 2.75) is 26.2 Å². The highest BCUT2D eigenvalue weighted by Crippen LogP contribution is 2.23. The number of unbranched alkanes of at least 4 members (excludes halogenated alkanes) is 1. The van der Waals surface area contributed by atoms with E-state index in [1.165, 1.54) is 36.0 Å². The molecule has 0 nitrogen and oxygen atoms in total. The van der Waals surface area contributed by atoms with E-state index in [0.717, 1.165) is 4.47 Å². The van der Waals surface area contributed by atoms with Crippen LogP contribution in [0.1, 0.15) is 25.3 Å². The molecule has 17 heavy (non-hydrogen) atoms. The molecule has 0 aliphatic heterocycles. The molecule has 2 rings (SSSR count). The van der Waals surface area contributed by atoms with Crippen molar-refractivity contribution in [1.82, 2.24) is 0 Å². The van der Waals surface area contributed by atoms with Crippen molar-refractivity contribution in [3.8, 4) is 11.1 Å². The van der Waals surface area contributed by atoms with Crippen LogP contribution in [0.4, 0.5) is 0 Å². The summed E-state index contributed by atoms with van der Waals surface area (Å²) in [6.07, 6.45) is 3.70. The van der Waals surface area contributed by atoms with Gasteiger partial charge in [0.05, 0.1) is 0 Å². The molecule has 0 heterocycles. The van der Waals surface area contributed by atoms with Crippen LogP contribution in [0.2, 0.25) is 0 Å². The summed E-state index contributed by atoms with van der Waals surface area (Å²) in [5.41, 5.74) is 4.03. The van der Waals surface area contributed by atoms with Gasteiger partial charge in [0.25, 0.3) is 0 Å². The molecule has 0 amide bonds. The number of halogens is 1. The molecule has 0 aliphatic rings. The minimum absolute atomic E-state index is 1.13. The average Bonchev–Trinajstić information content (AvgIpc) is 2.37. The van der Waals surface area contributed by atoms with E-state index < -0.39 is 0 Å². The number of rotatable bonds is 4. The Morgan fingerprint density at radius 3 is 2.41 bits per heavy atom. The topological polar surface area (TPSA) is 0 Å². The van der Waals surface area contributed by atoms with Gasteiger partial charge < -0.3 is 0 Å². The second kappa shape index (κ2) is 6.02. The normalized spacial score (nSPS) is 10.5. The molecule has 1 heteroatoms. The van der Waals surface area contributed by atoms with Crippen LogP contribution in [0.25, 0.3) is 11.1 Å². The lowest BCUT2D eigenvalue weighted by molar-refractivity contribution is 0.795. The van der Waals surface area contributed by atoms with Gasteiger partial charge in [0.1, 0.15) is 0 Å². The van der Waals surface area contributed by atoms with E-state index >= 15 is 0 Å². The zero-order chi connectivity index (χ0) is 12.1. The van der Waals surface area contributed by atoms with Gasteiger partial charge in [-0.25, -0.2) is 0 Å². The summed E-state index contributed by atoms with van der Waals surface area (Å²) in [6.45, 7) is 2.23. The number of aryl methyl sites for hydroxylation is 1. The van der Waals surface area contributed by atoms with E-state index in [-0.39, 0.29) is 0 Å². The van der Waals surface area contributed by atoms with Gasteiger partial charge in [-0.1, -0.05) is 65.7 Å². The van der Waals surface area contributed by atoms with Gasteiger partial charge in [0.15, 0.2) is 0 Å². The van der Waals surface area contributed by atoms with Crippen LogP contribution < -0.4 is 0 Å². The van der Waals surface area contributed by atoms with Gasteiger partial charge >= 0.3 is 0 Å². The maximum absolute atomic E-state index is 3.47. The Balaban J connectivity index is 2.23. The first-order chi connectivity index (χ1) is 8.29. The smallest absolute Gasteiger partial charge is 0.0175 e. The third kappa shape index (κ3) is 3.44. The van der Waals surface area contributed by atoms with Crippen molar-refractivity contribution in [2.75, 3.05) is 0 Å². The Labute approximate surface area is 112 Å². The van der Waals surface area contributed by atoms with E-state index in [1.807, 2.05) is 0 Å². The van der Waals surface area contributed by atoms with Gasteiger partial charge in [-0.15, -0.1) is 0 Å². The lowest BCUT2D eigenvalue weighted by Gasteiger charge is -2.05. The van der Waals surface area contributed by atoms with Crippen molar-refractivity contribution < 1.29 is 0 Å². The second-order valence-electron chi connectivity index (χ2n) is 4.31. The molecule has 2 aromatic rings. The maximum atomic E-state index is 3.47. The molecule has 0 aromatic heterocycles. The quantitative estimate of drug-likeness (QED) is 0.701. The zero-order valence-corrected chi connectivity index (χ0v) is 11.7. The van der Waals surface area contributed by atoms with Gasteiger partial charge in [-0.05, 0) is 41.7 Å². The second-order valence-corrected chi connectivity index (χ2v) is 5.23. The molecular formula is C16H17Br. The summed E-state index contributed by atoms with van der Waals surface area (Å²) < 4.78 is 1.13. The van der Waals surface area contributed by atoms with E-state index in [4.69, 9.17) is 0 Å². The Morgan fingerprint density at radius 2 is 1.71 bits per heavy atom. The number of benzene rings is 2. The molecule has 0 radical (unpaired) electrons. The molecule has 0 saturated heterocycles. The monoisotopic (exact) mass is 288 g/mol. The van der Waals surface area contributed by atoms with Crippen molar-refractivity contribution in [3.63, 3.8) is 0 Å². The van der Waals surface area contributed by atoms with Crippen LogP contribution >= 0.6 is 15.9 Å². The Kier molecular flexibility index (Phi) is 4.38. The Hall–Kier alpha value is -1.08. The van der Waals surface area contributed by atoms with Crippen molar-refractivity contribution in [2.24, 2.45) is 0 Å². The first-order valence-corrected chi connectivity index (χ1v) is 6.94. The molecule has 0 bridgehead atoms. The third-order valence-electron chi connectivity index (χ3n) is 2.92. The van der Waals surface area contributed by atoms with Crippen LogP contribution in [0, 0.1) is 0 Å². The molecule has 0 atom stereocenters. The third-order valence-corrected chi connectivity index (χ3v) is 3.45. The molecule has 0 saturated carbocycles. The predicted octanol–water partition coefficient (Wildman–Crippen LogP) is 5.46. The first kappa shape index (κ1) is 12.4. The maximum Gasteiger partial charge on any atom is 0.0175 e. The number of hydrogen-bond acceptors (Lipinski definition) is 0. The molecule has 0 spiro atoms. The van der Waals surface area contributed by atoms with Gasteiger partial charge in [0.2, 0.25) is 0 Å². The predicted molar refractivity (Wildman–Crippen MR) is 78.2 cm³/mol. The van der Waals surface area contributed by atoms with Crippen molar-refractivity contribution in [3.05, 3.63) is 58.6 Å². The summed E-state index contributed by atoms with van der Waals surface area (Å²) in [5, 5.41) is 0. The largest absolute Gasteiger partial charge is 0.0654 e. The van der Waals surface area contributed by atoms with E-state index in [9.17, 15) is 0 Å². The fourth-order valence-corrected chi connectivity index (χ4v) is 2.19. The Bertz CT molecular complexity index is 471. The van der Waals surface area contributed by atoms with E-state index in [1.54, 1.807) is 0 Å². The van der Waals surface area contributed by atoms with Crippen LogP contribution in [0.3, 0.4) is 0 Å². The van der Waals surface area contributed by atoms with Crippen LogP contribution in [0.5, 0.6) is 0 Å². The van der Waals surface area contributed by atoms with Gasteiger partial charge in [-0.2, -0.15) is 0 Å². The minimum atomic E-state index is 1.13. The molecule has 88 valence electrons. The summed E-state index contributed by atoms with van der Waals surface area (Å²) in [6, 6.07) is 17.4. The zero-order valence-electron chi connectivity index (χ0n) is 10.1.